The van der Waals surface area contributed by atoms with Crippen molar-refractivity contribution < 1.29 is 4.74 Å². The second-order valence-electron chi connectivity index (χ2n) is 4.82. The van der Waals surface area contributed by atoms with E-state index in [2.05, 4.69) is 25.3 Å². The highest BCUT2D eigenvalue weighted by molar-refractivity contribution is 5.39. The fraction of sp³-hybridized carbons (Fsp3) is 0.538. The van der Waals surface area contributed by atoms with Gasteiger partial charge in [-0.1, -0.05) is 0 Å². The van der Waals surface area contributed by atoms with E-state index in [9.17, 15) is 0 Å². The first-order chi connectivity index (χ1) is 10.1. The number of hydrogen-bond acceptors (Lipinski definition) is 7. The monoisotopic (exact) mass is 291 g/mol. The van der Waals surface area contributed by atoms with Gasteiger partial charge in [0.05, 0.1) is 12.7 Å². The van der Waals surface area contributed by atoms with Crippen LogP contribution in [0.4, 0.5) is 11.9 Å². The summed E-state index contributed by atoms with van der Waals surface area (Å²) >= 11 is 0. The molecule has 2 aromatic rings. The molecule has 0 aliphatic carbocycles. The van der Waals surface area contributed by atoms with Crippen molar-refractivity contribution in [3.8, 4) is 5.95 Å². The summed E-state index contributed by atoms with van der Waals surface area (Å²) in [5.41, 5.74) is 0. The quantitative estimate of drug-likeness (QED) is 0.813. The van der Waals surface area contributed by atoms with Crippen LogP contribution >= 0.6 is 0 Å². The third-order valence-electron chi connectivity index (χ3n) is 2.79. The summed E-state index contributed by atoms with van der Waals surface area (Å²) in [6.45, 7) is 5.35. The van der Waals surface area contributed by atoms with Crippen molar-refractivity contribution in [1.82, 2.24) is 24.5 Å². The maximum absolute atomic E-state index is 5.55. The van der Waals surface area contributed by atoms with Crippen molar-refractivity contribution >= 4 is 11.9 Å². The molecule has 0 spiro atoms. The van der Waals surface area contributed by atoms with Gasteiger partial charge in [-0.15, -0.1) is 0 Å². The molecule has 0 radical (unpaired) electrons. The first-order valence-corrected chi connectivity index (χ1v) is 6.85. The van der Waals surface area contributed by atoms with Gasteiger partial charge in [0.2, 0.25) is 17.8 Å². The van der Waals surface area contributed by atoms with E-state index in [-0.39, 0.29) is 6.10 Å². The third-order valence-corrected chi connectivity index (χ3v) is 2.79. The summed E-state index contributed by atoms with van der Waals surface area (Å²) in [5, 5.41) is 2.95. The molecule has 0 unspecified atom stereocenters. The number of rotatable bonds is 7. The summed E-state index contributed by atoms with van der Waals surface area (Å²) in [4.78, 5) is 19.1. The number of aromatic nitrogens is 5. The number of nitrogens with one attached hydrogen (secondary N) is 1. The SMILES string of the molecule is CNc1nc(N(C)CCOC(C)C)nc(-n2ccnc2)n1. The van der Waals surface area contributed by atoms with E-state index in [0.717, 1.165) is 0 Å². The van der Waals surface area contributed by atoms with Gasteiger partial charge < -0.3 is 15.0 Å². The zero-order valence-electron chi connectivity index (χ0n) is 12.8. The van der Waals surface area contributed by atoms with Crippen LogP contribution in [0.1, 0.15) is 13.8 Å². The van der Waals surface area contributed by atoms with Gasteiger partial charge in [-0.2, -0.15) is 15.0 Å². The zero-order chi connectivity index (χ0) is 15.2. The van der Waals surface area contributed by atoms with Gasteiger partial charge in [0.25, 0.3) is 0 Å². The molecule has 0 bridgehead atoms. The van der Waals surface area contributed by atoms with Crippen molar-refractivity contribution in [1.29, 1.82) is 0 Å². The van der Waals surface area contributed by atoms with Gasteiger partial charge in [-0.25, -0.2) is 4.98 Å². The van der Waals surface area contributed by atoms with Crippen molar-refractivity contribution in [2.24, 2.45) is 0 Å². The van der Waals surface area contributed by atoms with E-state index >= 15 is 0 Å². The maximum atomic E-state index is 5.55. The fourth-order valence-corrected chi connectivity index (χ4v) is 1.65. The van der Waals surface area contributed by atoms with Crippen LogP contribution in [0.25, 0.3) is 5.95 Å². The molecule has 2 aromatic heterocycles. The highest BCUT2D eigenvalue weighted by atomic mass is 16.5. The predicted molar refractivity (Wildman–Crippen MR) is 80.9 cm³/mol. The number of anilines is 2. The molecule has 0 saturated carbocycles. The summed E-state index contributed by atoms with van der Waals surface area (Å²) in [7, 11) is 3.70. The number of likely N-dealkylation sites (N-methyl/N-ethyl adjacent to an activating group) is 1. The second kappa shape index (κ2) is 6.98. The molecule has 0 amide bonds. The van der Waals surface area contributed by atoms with Gasteiger partial charge in [-0.3, -0.25) is 4.57 Å². The van der Waals surface area contributed by atoms with Gasteiger partial charge in [0.15, 0.2) is 0 Å². The van der Waals surface area contributed by atoms with Crippen LogP contribution in [0.15, 0.2) is 18.7 Å². The molecule has 0 aliphatic rings. The average Bonchev–Trinajstić information content (AvgIpc) is 3.00. The molecule has 0 atom stereocenters. The Morgan fingerprint density at radius 2 is 2.14 bits per heavy atom. The molecule has 2 heterocycles. The molecule has 8 heteroatoms. The molecule has 114 valence electrons. The van der Waals surface area contributed by atoms with Crippen LogP contribution in [0.3, 0.4) is 0 Å². The zero-order valence-corrected chi connectivity index (χ0v) is 12.8. The minimum atomic E-state index is 0.214. The topological polar surface area (TPSA) is 81.0 Å². The average molecular weight is 291 g/mol. The van der Waals surface area contributed by atoms with Crippen LogP contribution in [-0.2, 0) is 4.74 Å². The Hall–Kier alpha value is -2.22. The van der Waals surface area contributed by atoms with E-state index in [4.69, 9.17) is 4.74 Å². The van der Waals surface area contributed by atoms with Gasteiger partial charge in [-0.05, 0) is 13.8 Å². The highest BCUT2D eigenvalue weighted by Crippen LogP contribution is 2.11. The van der Waals surface area contributed by atoms with E-state index in [0.29, 0.717) is 31.0 Å². The third kappa shape index (κ3) is 4.12. The molecule has 0 aromatic carbocycles. The van der Waals surface area contributed by atoms with E-state index in [1.165, 1.54) is 0 Å². The molecular weight excluding hydrogens is 270 g/mol. The predicted octanol–water partition coefficient (Wildman–Crippen LogP) is 0.960. The van der Waals surface area contributed by atoms with Crippen LogP contribution in [0.5, 0.6) is 0 Å². The summed E-state index contributed by atoms with van der Waals surface area (Å²) in [6, 6.07) is 0. The number of hydrogen-bond donors (Lipinski definition) is 1. The van der Waals surface area contributed by atoms with Crippen molar-refractivity contribution in [2.75, 3.05) is 37.5 Å². The summed E-state index contributed by atoms with van der Waals surface area (Å²) in [6.07, 6.45) is 5.34. The number of imidazole rings is 1. The lowest BCUT2D eigenvalue weighted by Crippen LogP contribution is -2.26. The largest absolute Gasteiger partial charge is 0.377 e. The van der Waals surface area contributed by atoms with Crippen LogP contribution in [0, 0.1) is 0 Å². The number of nitrogens with zero attached hydrogens (tertiary/aromatic N) is 6. The Morgan fingerprint density at radius 3 is 2.76 bits per heavy atom. The Bertz CT molecular complexity index is 556. The summed E-state index contributed by atoms with van der Waals surface area (Å²) in [5.74, 6) is 1.63. The molecule has 21 heavy (non-hydrogen) atoms. The molecule has 0 saturated heterocycles. The van der Waals surface area contributed by atoms with Crippen molar-refractivity contribution in [3.63, 3.8) is 0 Å². The lowest BCUT2D eigenvalue weighted by Gasteiger charge is -2.19. The van der Waals surface area contributed by atoms with E-state index < -0.39 is 0 Å². The minimum Gasteiger partial charge on any atom is -0.377 e. The normalized spacial score (nSPS) is 10.9. The Kier molecular flexibility index (Phi) is 5.04. The highest BCUT2D eigenvalue weighted by Gasteiger charge is 2.11. The van der Waals surface area contributed by atoms with Crippen LogP contribution in [0.2, 0.25) is 0 Å². The lowest BCUT2D eigenvalue weighted by molar-refractivity contribution is 0.0844. The van der Waals surface area contributed by atoms with Gasteiger partial charge in [0.1, 0.15) is 6.33 Å². The Balaban J connectivity index is 2.16. The Labute approximate surface area is 124 Å². The smallest absolute Gasteiger partial charge is 0.241 e. The molecule has 0 fully saturated rings. The number of ether oxygens (including phenoxy) is 1. The first kappa shape index (κ1) is 15.2. The van der Waals surface area contributed by atoms with Crippen molar-refractivity contribution in [3.05, 3.63) is 18.7 Å². The molecular formula is C13H21N7O. The first-order valence-electron chi connectivity index (χ1n) is 6.85. The van der Waals surface area contributed by atoms with Crippen LogP contribution < -0.4 is 10.2 Å². The minimum absolute atomic E-state index is 0.214. The fourth-order valence-electron chi connectivity index (χ4n) is 1.65. The van der Waals surface area contributed by atoms with Gasteiger partial charge in [0, 0.05) is 33.0 Å². The standard InChI is InChI=1S/C13H21N7O/c1-10(2)21-8-7-19(4)12-16-11(14-3)17-13(18-12)20-6-5-15-9-20/h5-6,9-10H,7-8H2,1-4H3,(H,14,16,17,18). The Morgan fingerprint density at radius 1 is 1.33 bits per heavy atom. The molecule has 0 aliphatic heterocycles. The van der Waals surface area contributed by atoms with Crippen molar-refractivity contribution in [2.45, 2.75) is 20.0 Å². The summed E-state index contributed by atoms with van der Waals surface area (Å²) < 4.78 is 7.29. The molecule has 2 rings (SSSR count). The van der Waals surface area contributed by atoms with E-state index in [1.54, 1.807) is 30.3 Å². The molecule has 1 N–H and O–H groups in total. The van der Waals surface area contributed by atoms with Crippen LogP contribution in [-0.4, -0.2) is 57.9 Å². The lowest BCUT2D eigenvalue weighted by atomic mass is 10.5. The van der Waals surface area contributed by atoms with E-state index in [1.807, 2.05) is 25.8 Å². The maximum Gasteiger partial charge on any atom is 0.241 e. The molecule has 8 nitrogen and oxygen atoms in total. The second-order valence-corrected chi connectivity index (χ2v) is 4.82. The van der Waals surface area contributed by atoms with Gasteiger partial charge >= 0.3 is 0 Å².